The van der Waals surface area contributed by atoms with Crippen LogP contribution in [0.1, 0.15) is 31.3 Å². The Kier molecular flexibility index (Phi) is 3.93. The highest BCUT2D eigenvalue weighted by atomic mass is 79.9. The number of fused-ring (bicyclic) bond motifs is 1. The molecule has 2 aromatic carbocycles. The molecule has 1 aliphatic heterocycles. The van der Waals surface area contributed by atoms with Gasteiger partial charge in [0.1, 0.15) is 5.75 Å². The van der Waals surface area contributed by atoms with Gasteiger partial charge in [-0.3, -0.25) is 9.59 Å². The quantitative estimate of drug-likeness (QED) is 0.368. The van der Waals surface area contributed by atoms with Gasteiger partial charge in [0.2, 0.25) is 5.76 Å². The molecule has 2 amide bonds. The number of hydrogen-bond acceptors (Lipinski definition) is 5. The first-order chi connectivity index (χ1) is 12.5. The number of ether oxygens (including phenoxy) is 1. The molecule has 0 atom stereocenters. The fourth-order valence-electron chi connectivity index (χ4n) is 2.67. The molecule has 2 heterocycles. The molecular weight excluding hydrogens is 402 g/mol. The van der Waals surface area contributed by atoms with Crippen molar-refractivity contribution in [1.29, 1.82) is 0 Å². The van der Waals surface area contributed by atoms with Gasteiger partial charge in [0.15, 0.2) is 4.67 Å². The lowest BCUT2D eigenvalue weighted by molar-refractivity contribution is 0.0699. The van der Waals surface area contributed by atoms with Crippen molar-refractivity contribution in [2.24, 2.45) is 0 Å². The second-order valence-corrected chi connectivity index (χ2v) is 6.26. The van der Waals surface area contributed by atoms with Crippen LogP contribution in [0.15, 0.2) is 69.8 Å². The molecule has 6 nitrogen and oxygen atoms in total. The van der Waals surface area contributed by atoms with Gasteiger partial charge in [-0.1, -0.05) is 12.1 Å². The van der Waals surface area contributed by atoms with Crippen molar-refractivity contribution >= 4 is 39.4 Å². The lowest BCUT2D eigenvalue weighted by Gasteiger charge is -2.14. The van der Waals surface area contributed by atoms with Crippen molar-refractivity contribution in [1.82, 2.24) is 0 Å². The lowest BCUT2D eigenvalue weighted by atomic mass is 10.1. The first kappa shape index (κ1) is 16.3. The van der Waals surface area contributed by atoms with Crippen molar-refractivity contribution < 1.29 is 23.5 Å². The third-order valence-electron chi connectivity index (χ3n) is 3.87. The van der Waals surface area contributed by atoms with Gasteiger partial charge in [-0.25, -0.2) is 9.69 Å². The number of anilines is 1. The molecule has 128 valence electrons. The zero-order valence-corrected chi connectivity index (χ0v) is 14.7. The predicted octanol–water partition coefficient (Wildman–Crippen LogP) is 4.06. The summed E-state index contributed by atoms with van der Waals surface area (Å²) < 4.78 is 10.8. The van der Waals surface area contributed by atoms with E-state index in [1.165, 1.54) is 18.2 Å². The number of nitrogens with zero attached hydrogens (tertiary/aromatic N) is 1. The van der Waals surface area contributed by atoms with Crippen molar-refractivity contribution in [3.05, 3.63) is 82.2 Å². The Morgan fingerprint density at radius 2 is 1.50 bits per heavy atom. The maximum absolute atomic E-state index is 12.5. The summed E-state index contributed by atoms with van der Waals surface area (Å²) in [4.78, 5) is 38.0. The topological polar surface area (TPSA) is 76.8 Å². The number of furan rings is 1. The molecule has 0 bridgehead atoms. The number of carbonyl (C=O) groups is 3. The largest absolute Gasteiger partial charge is 0.442 e. The van der Waals surface area contributed by atoms with Crippen LogP contribution in [0.4, 0.5) is 5.69 Å². The van der Waals surface area contributed by atoms with Crippen molar-refractivity contribution in [2.45, 2.75) is 0 Å². The van der Waals surface area contributed by atoms with Crippen molar-refractivity contribution in [3.63, 3.8) is 0 Å². The summed E-state index contributed by atoms with van der Waals surface area (Å²) in [5, 5.41) is 0. The molecular formula is C19H10BrNO5. The van der Waals surface area contributed by atoms with Gasteiger partial charge in [-0.15, -0.1) is 0 Å². The van der Waals surface area contributed by atoms with Crippen LogP contribution in [-0.4, -0.2) is 17.8 Å². The van der Waals surface area contributed by atoms with Crippen LogP contribution in [-0.2, 0) is 0 Å². The Hall–Kier alpha value is -3.19. The normalized spacial score (nSPS) is 13.0. The van der Waals surface area contributed by atoms with E-state index in [1.807, 2.05) is 0 Å². The number of carbonyl (C=O) groups excluding carboxylic acids is 3. The highest BCUT2D eigenvalue weighted by molar-refractivity contribution is 9.10. The van der Waals surface area contributed by atoms with Crippen LogP contribution < -0.4 is 9.64 Å². The van der Waals surface area contributed by atoms with Crippen LogP contribution in [0.3, 0.4) is 0 Å². The highest BCUT2D eigenvalue weighted by Gasteiger charge is 2.36. The van der Waals surface area contributed by atoms with E-state index in [0.29, 0.717) is 21.5 Å². The van der Waals surface area contributed by atoms with Gasteiger partial charge in [0, 0.05) is 0 Å². The minimum Gasteiger partial charge on any atom is -0.442 e. The van der Waals surface area contributed by atoms with E-state index in [1.54, 1.807) is 42.5 Å². The standard InChI is InChI=1S/C19H10BrNO5/c20-16-10-9-15(26-16)19(24)25-12-7-5-11(6-8-12)21-17(22)13-3-1-2-4-14(13)18(21)23/h1-10H. The number of imide groups is 1. The molecule has 0 saturated heterocycles. The number of hydrogen-bond donors (Lipinski definition) is 0. The predicted molar refractivity (Wildman–Crippen MR) is 95.4 cm³/mol. The summed E-state index contributed by atoms with van der Waals surface area (Å²) >= 11 is 3.11. The van der Waals surface area contributed by atoms with Crippen LogP contribution in [0.5, 0.6) is 5.75 Å². The highest BCUT2D eigenvalue weighted by Crippen LogP contribution is 2.29. The molecule has 0 aliphatic carbocycles. The fraction of sp³-hybridized carbons (Fsp3) is 0. The van der Waals surface area contributed by atoms with E-state index in [-0.39, 0.29) is 23.3 Å². The minimum atomic E-state index is -0.649. The molecule has 1 aromatic heterocycles. The second-order valence-electron chi connectivity index (χ2n) is 5.48. The van der Waals surface area contributed by atoms with Gasteiger partial charge >= 0.3 is 5.97 Å². The van der Waals surface area contributed by atoms with Crippen molar-refractivity contribution in [2.75, 3.05) is 4.90 Å². The number of benzene rings is 2. The Bertz CT molecular complexity index is 1000. The zero-order chi connectivity index (χ0) is 18.3. The molecule has 7 heteroatoms. The third kappa shape index (κ3) is 2.72. The molecule has 1 aliphatic rings. The Morgan fingerprint density at radius 1 is 0.885 bits per heavy atom. The maximum Gasteiger partial charge on any atom is 0.379 e. The third-order valence-corrected chi connectivity index (χ3v) is 4.30. The monoisotopic (exact) mass is 411 g/mol. The van der Waals surface area contributed by atoms with E-state index in [2.05, 4.69) is 15.9 Å². The maximum atomic E-state index is 12.5. The van der Waals surface area contributed by atoms with Crippen molar-refractivity contribution in [3.8, 4) is 5.75 Å². The molecule has 3 aromatic rings. The molecule has 0 saturated carbocycles. The van der Waals surface area contributed by atoms with Crippen LogP contribution in [0.2, 0.25) is 0 Å². The Labute approximate surface area is 156 Å². The summed E-state index contributed by atoms with van der Waals surface area (Å²) in [5.41, 5.74) is 1.14. The minimum absolute atomic E-state index is 0.0568. The molecule has 4 rings (SSSR count). The van der Waals surface area contributed by atoms with Gasteiger partial charge in [0.05, 0.1) is 16.8 Å². The number of esters is 1. The van der Waals surface area contributed by atoms with Gasteiger partial charge in [-0.2, -0.15) is 0 Å². The second kappa shape index (κ2) is 6.27. The van der Waals surface area contributed by atoms with Crippen LogP contribution in [0.25, 0.3) is 0 Å². The number of rotatable bonds is 3. The molecule has 0 N–H and O–H groups in total. The number of amides is 2. The first-order valence-electron chi connectivity index (χ1n) is 7.60. The average Bonchev–Trinajstić information content (AvgIpc) is 3.19. The Balaban J connectivity index is 1.54. The van der Waals surface area contributed by atoms with Crippen LogP contribution in [0, 0.1) is 0 Å². The zero-order valence-electron chi connectivity index (χ0n) is 13.1. The molecule has 0 fully saturated rings. The van der Waals surface area contributed by atoms with Gasteiger partial charge in [-0.05, 0) is 64.5 Å². The van der Waals surface area contributed by atoms with E-state index < -0.39 is 5.97 Å². The smallest absolute Gasteiger partial charge is 0.379 e. The summed E-state index contributed by atoms with van der Waals surface area (Å²) in [5.74, 6) is -1.08. The SMILES string of the molecule is O=C(Oc1ccc(N2C(=O)c3ccccc3C2=O)cc1)c1ccc(Br)o1. The summed E-state index contributed by atoms with van der Waals surface area (Å²) in [6, 6.07) is 15.8. The van der Waals surface area contributed by atoms with E-state index in [9.17, 15) is 14.4 Å². The summed E-state index contributed by atoms with van der Waals surface area (Å²) in [6.07, 6.45) is 0. The first-order valence-corrected chi connectivity index (χ1v) is 8.39. The Morgan fingerprint density at radius 3 is 2.04 bits per heavy atom. The van der Waals surface area contributed by atoms with Crippen LogP contribution >= 0.6 is 15.9 Å². The molecule has 0 radical (unpaired) electrons. The molecule has 0 unspecified atom stereocenters. The summed E-state index contributed by atoms with van der Waals surface area (Å²) in [7, 11) is 0. The number of halogens is 1. The van der Waals surface area contributed by atoms with Gasteiger partial charge < -0.3 is 9.15 Å². The lowest BCUT2D eigenvalue weighted by Crippen LogP contribution is -2.29. The average molecular weight is 412 g/mol. The molecule has 26 heavy (non-hydrogen) atoms. The van der Waals surface area contributed by atoms with E-state index >= 15 is 0 Å². The fourth-order valence-corrected chi connectivity index (χ4v) is 2.97. The summed E-state index contributed by atoms with van der Waals surface area (Å²) in [6.45, 7) is 0. The molecule has 0 spiro atoms. The van der Waals surface area contributed by atoms with Gasteiger partial charge in [0.25, 0.3) is 11.8 Å². The van der Waals surface area contributed by atoms with E-state index in [4.69, 9.17) is 9.15 Å². The van der Waals surface area contributed by atoms with E-state index in [0.717, 1.165) is 4.90 Å².